The van der Waals surface area contributed by atoms with Gasteiger partial charge in [0.05, 0.1) is 23.5 Å². The van der Waals surface area contributed by atoms with Gasteiger partial charge in [0.2, 0.25) is 0 Å². The highest BCUT2D eigenvalue weighted by Crippen LogP contribution is 2.37. The molecule has 0 heterocycles. The molecule has 2 N–H and O–H groups in total. The van der Waals surface area contributed by atoms with Crippen molar-refractivity contribution in [3.8, 4) is 0 Å². The van der Waals surface area contributed by atoms with Crippen LogP contribution in [0.4, 0.5) is 26.3 Å². The second kappa shape index (κ2) is 14.1. The van der Waals surface area contributed by atoms with Crippen LogP contribution in [0.2, 0.25) is 0 Å². The topological polar surface area (TPSA) is 101 Å². The third-order valence-electron chi connectivity index (χ3n) is 7.65. The molecule has 1 aliphatic carbocycles. The molecule has 0 aromatic heterocycles. The minimum Gasteiger partial charge on any atom is -0.481 e. The maximum absolute atomic E-state index is 13.8. The maximum Gasteiger partial charge on any atom is 0.416 e. The Bertz CT molecular complexity index is 1610. The summed E-state index contributed by atoms with van der Waals surface area (Å²) >= 11 is 0. The lowest BCUT2D eigenvalue weighted by Gasteiger charge is -2.19. The van der Waals surface area contributed by atoms with Gasteiger partial charge in [-0.2, -0.15) is 26.3 Å². The number of benzene rings is 3. The Morgan fingerprint density at radius 2 is 1.35 bits per heavy atom. The van der Waals surface area contributed by atoms with E-state index in [0.29, 0.717) is 17.7 Å². The SMILES string of the molecule is O=C(O)CCNC(=O)c1ccc(C(=O)C(CC(=O)c2cc(C(F)(F)F)cc(C(F)(F)F)c2)c2ccc(C3=CCCCC3)cc2)cc1. The highest BCUT2D eigenvalue weighted by molar-refractivity contribution is 6.07. The van der Waals surface area contributed by atoms with E-state index in [-0.39, 0.29) is 30.2 Å². The number of carbonyl (C=O) groups excluding carboxylic acids is 3. The fourth-order valence-electron chi connectivity index (χ4n) is 5.18. The normalized spacial score (nSPS) is 14.3. The molecule has 1 aliphatic rings. The van der Waals surface area contributed by atoms with E-state index in [4.69, 9.17) is 5.11 Å². The Kier molecular flexibility index (Phi) is 10.5. The highest BCUT2D eigenvalue weighted by atomic mass is 19.4. The van der Waals surface area contributed by atoms with E-state index >= 15 is 0 Å². The van der Waals surface area contributed by atoms with Gasteiger partial charge in [-0.3, -0.25) is 19.2 Å². The minimum atomic E-state index is -5.16. The van der Waals surface area contributed by atoms with E-state index in [2.05, 4.69) is 11.4 Å². The molecule has 0 bridgehead atoms. The summed E-state index contributed by atoms with van der Waals surface area (Å²) in [6, 6.07) is 12.6. The zero-order valence-corrected chi connectivity index (χ0v) is 24.3. The molecular formula is C34H29F6NO5. The number of hydrogen-bond acceptors (Lipinski definition) is 4. The van der Waals surface area contributed by atoms with Crippen LogP contribution in [0.1, 0.15) is 97.8 Å². The minimum absolute atomic E-state index is 0.0407. The van der Waals surface area contributed by atoms with Gasteiger partial charge in [0.15, 0.2) is 11.6 Å². The van der Waals surface area contributed by atoms with Crippen molar-refractivity contribution in [2.45, 2.75) is 56.8 Å². The third kappa shape index (κ3) is 8.70. The number of amides is 1. The number of alkyl halides is 6. The van der Waals surface area contributed by atoms with E-state index in [1.165, 1.54) is 24.3 Å². The molecule has 3 aromatic carbocycles. The van der Waals surface area contributed by atoms with Gasteiger partial charge in [-0.05, 0) is 72.7 Å². The average Bonchev–Trinajstić information content (AvgIpc) is 3.02. The first kappa shape index (κ1) is 34.1. The van der Waals surface area contributed by atoms with Gasteiger partial charge in [-0.15, -0.1) is 0 Å². The number of carboxylic acid groups (broad SMARTS) is 1. The Morgan fingerprint density at radius 3 is 1.87 bits per heavy atom. The van der Waals surface area contributed by atoms with Crippen molar-refractivity contribution in [3.05, 3.63) is 112 Å². The standard InChI is InChI=1S/C34H29F6NO5/c35-33(36,37)26-16-25(17-27(18-26)34(38,39)40)29(42)19-28(22-8-6-21(7-9-22)20-4-2-1-3-5-20)31(45)23-10-12-24(13-11-23)32(46)41-15-14-30(43)44/h4,6-13,16-18,28H,1-3,5,14-15,19H2,(H,41,46)(H,43,44). The summed E-state index contributed by atoms with van der Waals surface area (Å²) in [5.41, 5.74) is -1.63. The van der Waals surface area contributed by atoms with Crippen LogP contribution in [0.3, 0.4) is 0 Å². The van der Waals surface area contributed by atoms with Crippen LogP contribution in [0.5, 0.6) is 0 Å². The quantitative estimate of drug-likeness (QED) is 0.162. The molecular weight excluding hydrogens is 616 g/mol. The molecule has 6 nitrogen and oxygen atoms in total. The van der Waals surface area contributed by atoms with Gasteiger partial charge in [0.25, 0.3) is 5.91 Å². The predicted octanol–water partition coefficient (Wildman–Crippen LogP) is 8.13. The molecule has 0 spiro atoms. The number of Topliss-reactive ketones (excluding diaryl/α,β-unsaturated/α-hetero) is 2. The molecule has 46 heavy (non-hydrogen) atoms. The predicted molar refractivity (Wildman–Crippen MR) is 156 cm³/mol. The fourth-order valence-corrected chi connectivity index (χ4v) is 5.18. The number of carboxylic acids is 1. The number of nitrogens with one attached hydrogen (secondary N) is 1. The number of carbonyl (C=O) groups is 4. The van der Waals surface area contributed by atoms with Gasteiger partial charge in [-0.25, -0.2) is 0 Å². The first-order valence-electron chi connectivity index (χ1n) is 14.4. The fraction of sp³-hybridized carbons (Fsp3) is 0.294. The zero-order chi connectivity index (χ0) is 33.6. The molecule has 0 saturated carbocycles. The highest BCUT2D eigenvalue weighted by Gasteiger charge is 2.38. The summed E-state index contributed by atoms with van der Waals surface area (Å²) in [6.45, 7) is -0.127. The monoisotopic (exact) mass is 645 g/mol. The molecule has 0 saturated heterocycles. The number of aliphatic carboxylic acids is 1. The van der Waals surface area contributed by atoms with Gasteiger partial charge in [0, 0.05) is 29.7 Å². The summed E-state index contributed by atoms with van der Waals surface area (Å²) in [7, 11) is 0. The van der Waals surface area contributed by atoms with Gasteiger partial charge in [0.1, 0.15) is 0 Å². The molecule has 0 radical (unpaired) electrons. The van der Waals surface area contributed by atoms with E-state index in [9.17, 15) is 45.5 Å². The number of hydrogen-bond donors (Lipinski definition) is 2. The number of rotatable bonds is 11. The summed E-state index contributed by atoms with van der Waals surface area (Å²) in [6.07, 6.45) is -5.39. The Balaban J connectivity index is 1.67. The molecule has 242 valence electrons. The molecule has 3 aromatic rings. The van der Waals surface area contributed by atoms with Crippen molar-refractivity contribution in [2.75, 3.05) is 6.54 Å². The molecule has 1 unspecified atom stereocenters. The molecule has 12 heteroatoms. The van der Waals surface area contributed by atoms with Crippen molar-refractivity contribution in [2.24, 2.45) is 0 Å². The van der Waals surface area contributed by atoms with Crippen LogP contribution < -0.4 is 5.32 Å². The van der Waals surface area contributed by atoms with E-state index < -0.39 is 64.8 Å². The van der Waals surface area contributed by atoms with Crippen molar-refractivity contribution >= 4 is 29.0 Å². The number of halogens is 6. The second-order valence-electron chi connectivity index (χ2n) is 10.9. The Hall–Kier alpha value is -4.74. The van der Waals surface area contributed by atoms with Gasteiger partial charge >= 0.3 is 18.3 Å². The molecule has 1 amide bonds. The Morgan fingerprint density at radius 1 is 0.761 bits per heavy atom. The van der Waals surface area contributed by atoms with E-state index in [0.717, 1.165) is 36.8 Å². The smallest absolute Gasteiger partial charge is 0.416 e. The Labute approximate surface area is 260 Å². The summed E-state index contributed by atoms with van der Waals surface area (Å²) in [5, 5.41) is 11.2. The van der Waals surface area contributed by atoms with Gasteiger partial charge < -0.3 is 10.4 Å². The summed E-state index contributed by atoms with van der Waals surface area (Å²) in [4.78, 5) is 50.1. The van der Waals surface area contributed by atoms with Crippen LogP contribution in [0.25, 0.3) is 5.57 Å². The lowest BCUT2D eigenvalue weighted by atomic mass is 9.83. The number of ketones is 2. The van der Waals surface area contributed by atoms with Crippen molar-refractivity contribution in [1.29, 1.82) is 0 Å². The maximum atomic E-state index is 13.8. The number of allylic oxidation sites excluding steroid dienone is 2. The van der Waals surface area contributed by atoms with Crippen molar-refractivity contribution < 1.29 is 50.6 Å². The average molecular weight is 646 g/mol. The second-order valence-corrected chi connectivity index (χ2v) is 10.9. The molecule has 1 atom stereocenters. The lowest BCUT2D eigenvalue weighted by molar-refractivity contribution is -0.143. The zero-order valence-electron chi connectivity index (χ0n) is 24.3. The van der Waals surface area contributed by atoms with Crippen LogP contribution in [-0.2, 0) is 17.1 Å². The first-order valence-corrected chi connectivity index (χ1v) is 14.4. The molecule has 0 fully saturated rings. The molecule has 4 rings (SSSR count). The van der Waals surface area contributed by atoms with Crippen molar-refractivity contribution in [1.82, 2.24) is 5.32 Å². The molecule has 0 aliphatic heterocycles. The van der Waals surface area contributed by atoms with E-state index in [1.54, 1.807) is 24.3 Å². The van der Waals surface area contributed by atoms with Crippen molar-refractivity contribution in [3.63, 3.8) is 0 Å². The van der Waals surface area contributed by atoms with E-state index in [1.807, 2.05) is 0 Å². The third-order valence-corrected chi connectivity index (χ3v) is 7.65. The first-order chi connectivity index (χ1) is 21.6. The van der Waals surface area contributed by atoms with Gasteiger partial charge in [-0.1, -0.05) is 42.5 Å². The largest absolute Gasteiger partial charge is 0.481 e. The van der Waals surface area contributed by atoms with Crippen LogP contribution in [0, 0.1) is 0 Å². The van der Waals surface area contributed by atoms with Crippen LogP contribution in [0.15, 0.2) is 72.8 Å². The lowest BCUT2D eigenvalue weighted by Crippen LogP contribution is -2.26. The van der Waals surface area contributed by atoms with Crippen LogP contribution in [-0.4, -0.2) is 35.1 Å². The summed E-state index contributed by atoms with van der Waals surface area (Å²) in [5.74, 6) is -4.71. The van der Waals surface area contributed by atoms with Crippen LogP contribution >= 0.6 is 0 Å². The summed E-state index contributed by atoms with van der Waals surface area (Å²) < 4.78 is 80.8.